The first-order valence-corrected chi connectivity index (χ1v) is 5.88. The first-order chi connectivity index (χ1) is 6.39. The van der Waals surface area contributed by atoms with Crippen molar-refractivity contribution < 1.29 is 0 Å². The van der Waals surface area contributed by atoms with Crippen LogP contribution >= 0.6 is 15.9 Å². The van der Waals surface area contributed by atoms with Gasteiger partial charge in [0, 0.05) is 22.6 Å². The van der Waals surface area contributed by atoms with Crippen molar-refractivity contribution >= 4 is 15.9 Å². The second-order valence-electron chi connectivity index (χ2n) is 4.81. The van der Waals surface area contributed by atoms with Gasteiger partial charge in [0.25, 0.3) is 0 Å². The van der Waals surface area contributed by atoms with Gasteiger partial charge >= 0.3 is 0 Å². The normalized spacial score (nSPS) is 14.1. The molecule has 0 spiro atoms. The highest BCUT2D eigenvalue weighted by Gasteiger charge is 2.22. The highest BCUT2D eigenvalue weighted by Crippen LogP contribution is 2.28. The monoisotopic (exact) mass is 255 g/mol. The fraction of sp³-hybridized carbons (Fsp3) is 0.583. The third-order valence-corrected chi connectivity index (χ3v) is 3.97. The van der Waals surface area contributed by atoms with Crippen molar-refractivity contribution in [1.29, 1.82) is 0 Å². The minimum Gasteiger partial charge on any atom is -0.258 e. The van der Waals surface area contributed by atoms with E-state index in [9.17, 15) is 0 Å². The minimum atomic E-state index is 0.283. The molecule has 1 aromatic heterocycles. The summed E-state index contributed by atoms with van der Waals surface area (Å²) in [7, 11) is 0. The summed E-state index contributed by atoms with van der Waals surface area (Å²) in [6.07, 6.45) is 0.991. The maximum absolute atomic E-state index is 4.50. The minimum absolute atomic E-state index is 0.283. The first-order valence-electron chi connectivity index (χ1n) is 4.96. The zero-order valence-corrected chi connectivity index (χ0v) is 10.9. The number of halogens is 1. The van der Waals surface area contributed by atoms with Gasteiger partial charge in [0.2, 0.25) is 0 Å². The predicted molar refractivity (Wildman–Crippen MR) is 64.8 cm³/mol. The lowest BCUT2D eigenvalue weighted by atomic mass is 9.89. The van der Waals surface area contributed by atoms with Crippen molar-refractivity contribution in [3.05, 3.63) is 29.6 Å². The highest BCUT2D eigenvalue weighted by molar-refractivity contribution is 9.09. The molecule has 0 aromatic carbocycles. The van der Waals surface area contributed by atoms with Crippen LogP contribution in [0.1, 0.15) is 32.2 Å². The molecule has 1 aromatic rings. The van der Waals surface area contributed by atoms with Gasteiger partial charge in [0.15, 0.2) is 0 Å². The van der Waals surface area contributed by atoms with Crippen LogP contribution in [0.2, 0.25) is 0 Å². The Morgan fingerprint density at radius 1 is 1.36 bits per heavy atom. The molecule has 0 saturated heterocycles. The van der Waals surface area contributed by atoms with Crippen LogP contribution in [-0.2, 0) is 6.42 Å². The molecule has 1 heterocycles. The Morgan fingerprint density at radius 2 is 2.00 bits per heavy atom. The molecular weight excluding hydrogens is 238 g/mol. The summed E-state index contributed by atoms with van der Waals surface area (Å²) in [4.78, 5) is 4.97. The van der Waals surface area contributed by atoms with Crippen molar-refractivity contribution in [3.8, 4) is 0 Å². The summed E-state index contributed by atoms with van der Waals surface area (Å²) in [5.74, 6) is 0. The maximum Gasteiger partial charge on any atom is 0.0418 e. The van der Waals surface area contributed by atoms with Crippen molar-refractivity contribution in [3.63, 3.8) is 0 Å². The van der Waals surface area contributed by atoms with E-state index < -0.39 is 0 Å². The molecule has 0 radical (unpaired) electrons. The molecule has 14 heavy (non-hydrogen) atoms. The fourth-order valence-electron chi connectivity index (χ4n) is 1.20. The van der Waals surface area contributed by atoms with E-state index in [1.165, 1.54) is 5.69 Å². The predicted octanol–water partition coefficient (Wildman–Crippen LogP) is 3.74. The summed E-state index contributed by atoms with van der Waals surface area (Å²) < 4.78 is 0. The number of nitrogens with zero attached hydrogens (tertiary/aromatic N) is 1. The summed E-state index contributed by atoms with van der Waals surface area (Å²) in [6, 6.07) is 6.19. The fourth-order valence-corrected chi connectivity index (χ4v) is 1.53. The lowest BCUT2D eigenvalue weighted by Crippen LogP contribution is -2.22. The Balaban J connectivity index is 2.70. The topological polar surface area (TPSA) is 12.9 Å². The third-order valence-electron chi connectivity index (χ3n) is 2.27. The number of aryl methyl sites for hydroxylation is 1. The van der Waals surface area contributed by atoms with Crippen LogP contribution in [0, 0.1) is 12.3 Å². The zero-order chi connectivity index (χ0) is 10.8. The van der Waals surface area contributed by atoms with Crippen molar-refractivity contribution in [2.45, 2.75) is 38.9 Å². The van der Waals surface area contributed by atoms with Crippen LogP contribution in [0.25, 0.3) is 0 Å². The molecule has 2 heteroatoms. The molecule has 0 bridgehead atoms. The molecule has 0 fully saturated rings. The molecule has 0 amide bonds. The molecule has 1 nitrogen and oxygen atoms in total. The quantitative estimate of drug-likeness (QED) is 0.734. The summed E-state index contributed by atoms with van der Waals surface area (Å²) in [5, 5.41) is 0. The van der Waals surface area contributed by atoms with Gasteiger partial charge in [-0.3, -0.25) is 4.98 Å². The Labute approximate surface area is 95.1 Å². The van der Waals surface area contributed by atoms with E-state index in [4.69, 9.17) is 0 Å². The molecular formula is C12H18BrN. The molecule has 0 N–H and O–H groups in total. The van der Waals surface area contributed by atoms with E-state index in [0.29, 0.717) is 4.83 Å². The van der Waals surface area contributed by atoms with Gasteiger partial charge in [0.1, 0.15) is 0 Å². The first kappa shape index (κ1) is 11.7. The lowest BCUT2D eigenvalue weighted by Gasteiger charge is -2.25. The lowest BCUT2D eigenvalue weighted by molar-refractivity contribution is 0.396. The van der Waals surface area contributed by atoms with Crippen LogP contribution in [0.3, 0.4) is 0 Å². The summed E-state index contributed by atoms with van der Waals surface area (Å²) >= 11 is 3.72. The SMILES string of the molecule is Cc1cccc(CC(Br)C(C)(C)C)n1. The van der Waals surface area contributed by atoms with E-state index in [1.807, 2.05) is 13.0 Å². The molecule has 1 unspecified atom stereocenters. The second-order valence-corrected chi connectivity index (χ2v) is 5.91. The Bertz CT molecular complexity index is 301. The van der Waals surface area contributed by atoms with Gasteiger partial charge in [-0.25, -0.2) is 0 Å². The molecule has 0 aliphatic rings. The van der Waals surface area contributed by atoms with E-state index in [1.54, 1.807) is 0 Å². The van der Waals surface area contributed by atoms with Crippen molar-refractivity contribution in [1.82, 2.24) is 4.98 Å². The van der Waals surface area contributed by atoms with E-state index >= 15 is 0 Å². The summed E-state index contributed by atoms with van der Waals surface area (Å²) in [6.45, 7) is 8.75. The number of aromatic nitrogens is 1. The standard InChI is InChI=1S/C12H18BrN/c1-9-6-5-7-10(14-9)8-11(13)12(2,3)4/h5-7,11H,8H2,1-4H3. The number of hydrogen-bond acceptors (Lipinski definition) is 1. The Hall–Kier alpha value is -0.370. The van der Waals surface area contributed by atoms with Crippen molar-refractivity contribution in [2.75, 3.05) is 0 Å². The summed E-state index contributed by atoms with van der Waals surface area (Å²) in [5.41, 5.74) is 2.55. The van der Waals surface area contributed by atoms with Crippen LogP contribution in [-0.4, -0.2) is 9.81 Å². The van der Waals surface area contributed by atoms with Gasteiger partial charge in [-0.05, 0) is 24.5 Å². The molecule has 0 saturated carbocycles. The number of pyridine rings is 1. The largest absolute Gasteiger partial charge is 0.258 e. The third kappa shape index (κ3) is 3.41. The van der Waals surface area contributed by atoms with E-state index in [-0.39, 0.29) is 5.41 Å². The molecule has 0 aliphatic carbocycles. The van der Waals surface area contributed by atoms with Gasteiger partial charge in [-0.2, -0.15) is 0 Å². The number of hydrogen-bond donors (Lipinski definition) is 0. The van der Waals surface area contributed by atoms with Gasteiger partial charge in [-0.15, -0.1) is 0 Å². The van der Waals surface area contributed by atoms with Gasteiger partial charge in [0.05, 0.1) is 0 Å². The van der Waals surface area contributed by atoms with E-state index in [2.05, 4.69) is 53.8 Å². The zero-order valence-electron chi connectivity index (χ0n) is 9.34. The van der Waals surface area contributed by atoms with Crippen LogP contribution < -0.4 is 0 Å². The van der Waals surface area contributed by atoms with Gasteiger partial charge in [-0.1, -0.05) is 42.8 Å². The highest BCUT2D eigenvalue weighted by atomic mass is 79.9. The average Bonchev–Trinajstić information content (AvgIpc) is 2.02. The molecule has 1 atom stereocenters. The Morgan fingerprint density at radius 3 is 2.50 bits per heavy atom. The molecule has 1 rings (SSSR count). The van der Waals surface area contributed by atoms with Gasteiger partial charge < -0.3 is 0 Å². The maximum atomic E-state index is 4.50. The van der Waals surface area contributed by atoms with Crippen LogP contribution in [0.15, 0.2) is 18.2 Å². The van der Waals surface area contributed by atoms with E-state index in [0.717, 1.165) is 12.1 Å². The van der Waals surface area contributed by atoms with Crippen molar-refractivity contribution in [2.24, 2.45) is 5.41 Å². The van der Waals surface area contributed by atoms with Crippen LogP contribution in [0.4, 0.5) is 0 Å². The molecule has 0 aliphatic heterocycles. The Kier molecular flexibility index (Phi) is 3.71. The second kappa shape index (κ2) is 4.43. The number of alkyl halides is 1. The molecule has 78 valence electrons. The average molecular weight is 256 g/mol. The smallest absolute Gasteiger partial charge is 0.0418 e. The van der Waals surface area contributed by atoms with Crippen LogP contribution in [0.5, 0.6) is 0 Å². The number of rotatable bonds is 2.